The topological polar surface area (TPSA) is 38.0 Å². The van der Waals surface area contributed by atoms with Crippen LogP contribution in [0.1, 0.15) is 31.7 Å². The molecule has 4 heteroatoms. The van der Waals surface area contributed by atoms with Gasteiger partial charge >= 0.3 is 0 Å². The average Bonchev–Trinajstić information content (AvgIpc) is 2.18. The van der Waals surface area contributed by atoms with Crippen molar-refractivity contribution >= 4 is 34.5 Å². The van der Waals surface area contributed by atoms with Gasteiger partial charge in [-0.3, -0.25) is 0 Å². The number of nitrogens with two attached hydrogens (primary N) is 1. The van der Waals surface area contributed by atoms with E-state index in [0.29, 0.717) is 10.0 Å². The molecule has 0 unspecified atom stereocenters. The first kappa shape index (κ1) is 11.7. The number of nitrogens with one attached hydrogen (secondary N) is 1. The van der Waals surface area contributed by atoms with Gasteiger partial charge in [0.25, 0.3) is 0 Å². The Kier molecular flexibility index (Phi) is 3.08. The lowest BCUT2D eigenvalue weighted by Crippen LogP contribution is -2.42. The van der Waals surface area contributed by atoms with E-state index in [9.17, 15) is 0 Å². The quantitative estimate of drug-likeness (QED) is 0.813. The molecule has 0 bridgehead atoms. The molecule has 0 radical (unpaired) electrons. The van der Waals surface area contributed by atoms with Gasteiger partial charge in [-0.15, -0.1) is 0 Å². The van der Waals surface area contributed by atoms with Gasteiger partial charge < -0.3 is 11.1 Å². The summed E-state index contributed by atoms with van der Waals surface area (Å²) in [6.45, 7) is 2.22. The van der Waals surface area contributed by atoms with Crippen LogP contribution in [0.25, 0.3) is 0 Å². The Morgan fingerprint density at radius 1 is 1.50 bits per heavy atom. The van der Waals surface area contributed by atoms with Crippen LogP contribution in [0.15, 0.2) is 18.2 Å². The van der Waals surface area contributed by atoms with E-state index in [-0.39, 0.29) is 5.54 Å². The minimum absolute atomic E-state index is 0.188. The Bertz CT molecular complexity index is 427. The van der Waals surface area contributed by atoms with Crippen molar-refractivity contribution in [2.75, 3.05) is 5.32 Å². The fourth-order valence-electron chi connectivity index (χ4n) is 1.99. The normalized spacial score (nSPS) is 17.6. The van der Waals surface area contributed by atoms with E-state index in [2.05, 4.69) is 12.2 Å². The van der Waals surface area contributed by atoms with Crippen molar-refractivity contribution < 1.29 is 0 Å². The van der Waals surface area contributed by atoms with Crippen LogP contribution in [0, 0.1) is 0 Å². The molecule has 1 fully saturated rings. The van der Waals surface area contributed by atoms with Crippen molar-refractivity contribution in [3.63, 3.8) is 0 Å². The molecule has 1 aromatic rings. The smallest absolute Gasteiger partial charge is 0.106 e. The highest BCUT2D eigenvalue weighted by Gasteiger charge is 2.32. The molecule has 0 atom stereocenters. The molecule has 86 valence electrons. The molecule has 0 saturated heterocycles. The number of benzene rings is 1. The first-order valence-corrected chi connectivity index (χ1v) is 6.16. The largest absolute Gasteiger partial charge is 0.389 e. The summed E-state index contributed by atoms with van der Waals surface area (Å²) < 4.78 is 0. The van der Waals surface area contributed by atoms with Crippen LogP contribution in [-0.2, 0) is 0 Å². The van der Waals surface area contributed by atoms with Crippen molar-refractivity contribution in [1.29, 1.82) is 0 Å². The monoisotopic (exact) mass is 254 g/mol. The van der Waals surface area contributed by atoms with Crippen molar-refractivity contribution in [1.82, 2.24) is 0 Å². The summed E-state index contributed by atoms with van der Waals surface area (Å²) in [5.74, 6) is 0. The molecule has 0 spiro atoms. The standard InChI is InChI=1S/C12H15ClN2S/c1-12(5-2-6-12)15-10-4-3-8(13)7-9(10)11(14)16/h3-4,7,15H,2,5-6H2,1H3,(H2,14,16). The molecule has 0 amide bonds. The zero-order valence-electron chi connectivity index (χ0n) is 9.22. The molecular weight excluding hydrogens is 240 g/mol. The number of thiocarbonyl (C=S) groups is 1. The molecule has 1 aliphatic rings. The molecule has 3 N–H and O–H groups in total. The maximum absolute atomic E-state index is 5.94. The second-order valence-electron chi connectivity index (χ2n) is 4.59. The first-order chi connectivity index (χ1) is 7.50. The summed E-state index contributed by atoms with van der Waals surface area (Å²) in [7, 11) is 0. The second kappa shape index (κ2) is 4.22. The van der Waals surface area contributed by atoms with Crippen LogP contribution in [-0.4, -0.2) is 10.5 Å². The van der Waals surface area contributed by atoms with Gasteiger partial charge in [-0.25, -0.2) is 0 Å². The summed E-state index contributed by atoms with van der Waals surface area (Å²) in [5, 5.41) is 4.17. The molecule has 1 aliphatic carbocycles. The Hall–Kier alpha value is -0.800. The van der Waals surface area contributed by atoms with Gasteiger partial charge in [0, 0.05) is 21.8 Å². The van der Waals surface area contributed by atoms with Crippen LogP contribution in [0.5, 0.6) is 0 Å². The number of halogens is 1. The predicted octanol–water partition coefficient (Wildman–Crippen LogP) is 3.33. The lowest BCUT2D eigenvalue weighted by atomic mass is 9.78. The number of anilines is 1. The fourth-order valence-corrected chi connectivity index (χ4v) is 2.33. The van der Waals surface area contributed by atoms with Crippen molar-refractivity contribution in [3.05, 3.63) is 28.8 Å². The number of rotatable bonds is 3. The summed E-state index contributed by atoms with van der Waals surface area (Å²) in [5.41, 5.74) is 7.70. The average molecular weight is 255 g/mol. The molecule has 0 heterocycles. The first-order valence-electron chi connectivity index (χ1n) is 5.38. The Morgan fingerprint density at radius 2 is 2.19 bits per heavy atom. The highest BCUT2D eigenvalue weighted by atomic mass is 35.5. The molecule has 2 nitrogen and oxygen atoms in total. The molecule has 1 saturated carbocycles. The predicted molar refractivity (Wildman–Crippen MR) is 73.2 cm³/mol. The van der Waals surface area contributed by atoms with E-state index in [0.717, 1.165) is 11.3 Å². The lowest BCUT2D eigenvalue weighted by Gasteiger charge is -2.40. The summed E-state index contributed by atoms with van der Waals surface area (Å²) in [6, 6.07) is 5.61. The Balaban J connectivity index is 2.29. The highest BCUT2D eigenvalue weighted by molar-refractivity contribution is 7.80. The third kappa shape index (κ3) is 2.30. The van der Waals surface area contributed by atoms with E-state index < -0.39 is 0 Å². The number of hydrogen-bond donors (Lipinski definition) is 2. The van der Waals surface area contributed by atoms with Gasteiger partial charge in [0.15, 0.2) is 0 Å². The van der Waals surface area contributed by atoms with Crippen LogP contribution >= 0.6 is 23.8 Å². The van der Waals surface area contributed by atoms with E-state index in [4.69, 9.17) is 29.6 Å². The lowest BCUT2D eigenvalue weighted by molar-refractivity contribution is 0.306. The zero-order chi connectivity index (χ0) is 11.8. The Labute approximate surface area is 106 Å². The second-order valence-corrected chi connectivity index (χ2v) is 5.47. The summed E-state index contributed by atoms with van der Waals surface area (Å²) in [4.78, 5) is 0.382. The van der Waals surface area contributed by atoms with Crippen LogP contribution in [0.3, 0.4) is 0 Å². The summed E-state index contributed by atoms with van der Waals surface area (Å²) >= 11 is 11.0. The Morgan fingerprint density at radius 3 is 2.69 bits per heavy atom. The number of hydrogen-bond acceptors (Lipinski definition) is 2. The van der Waals surface area contributed by atoms with E-state index in [1.165, 1.54) is 19.3 Å². The van der Waals surface area contributed by atoms with Crippen LogP contribution < -0.4 is 11.1 Å². The maximum Gasteiger partial charge on any atom is 0.106 e. The van der Waals surface area contributed by atoms with Gasteiger partial charge in [-0.2, -0.15) is 0 Å². The molecular formula is C12H15ClN2S. The van der Waals surface area contributed by atoms with Gasteiger partial charge in [0.05, 0.1) is 0 Å². The molecule has 0 aromatic heterocycles. The van der Waals surface area contributed by atoms with Gasteiger partial charge in [0.2, 0.25) is 0 Å². The SMILES string of the molecule is CC1(Nc2ccc(Cl)cc2C(N)=S)CCC1. The minimum Gasteiger partial charge on any atom is -0.389 e. The molecule has 0 aliphatic heterocycles. The van der Waals surface area contributed by atoms with Crippen LogP contribution in [0.2, 0.25) is 5.02 Å². The minimum atomic E-state index is 0.188. The van der Waals surface area contributed by atoms with E-state index in [1.807, 2.05) is 18.2 Å². The molecule has 1 aromatic carbocycles. The molecule has 2 rings (SSSR count). The maximum atomic E-state index is 5.94. The van der Waals surface area contributed by atoms with Crippen molar-refractivity contribution in [2.45, 2.75) is 31.7 Å². The zero-order valence-corrected chi connectivity index (χ0v) is 10.8. The van der Waals surface area contributed by atoms with E-state index >= 15 is 0 Å². The van der Waals surface area contributed by atoms with Gasteiger partial charge in [-0.1, -0.05) is 23.8 Å². The highest BCUT2D eigenvalue weighted by Crippen LogP contribution is 2.36. The van der Waals surface area contributed by atoms with E-state index in [1.54, 1.807) is 0 Å². The van der Waals surface area contributed by atoms with Crippen molar-refractivity contribution in [3.8, 4) is 0 Å². The third-order valence-electron chi connectivity index (χ3n) is 3.14. The summed E-state index contributed by atoms with van der Waals surface area (Å²) in [6.07, 6.45) is 3.65. The van der Waals surface area contributed by atoms with Gasteiger partial charge in [-0.05, 0) is 44.4 Å². The molecule has 16 heavy (non-hydrogen) atoms. The van der Waals surface area contributed by atoms with Crippen molar-refractivity contribution in [2.24, 2.45) is 5.73 Å². The fraction of sp³-hybridized carbons (Fsp3) is 0.417. The van der Waals surface area contributed by atoms with Crippen LogP contribution in [0.4, 0.5) is 5.69 Å². The third-order valence-corrected chi connectivity index (χ3v) is 3.60. The van der Waals surface area contributed by atoms with Gasteiger partial charge in [0.1, 0.15) is 4.99 Å².